The zero-order valence-corrected chi connectivity index (χ0v) is 9.58. The van der Waals surface area contributed by atoms with E-state index in [9.17, 15) is 15.3 Å². The Morgan fingerprint density at radius 2 is 2.00 bits per heavy atom. The van der Waals surface area contributed by atoms with Crippen molar-refractivity contribution in [1.82, 2.24) is 19.5 Å². The molecule has 9 nitrogen and oxygen atoms in total. The zero-order chi connectivity index (χ0) is 13.3. The molecule has 9 heteroatoms. The summed E-state index contributed by atoms with van der Waals surface area (Å²) in [5.41, 5.74) is 6.41. The number of aliphatic hydroxyl groups is 3. The van der Waals surface area contributed by atoms with Gasteiger partial charge in [0, 0.05) is 0 Å². The van der Waals surface area contributed by atoms with Gasteiger partial charge in [-0.25, -0.2) is 15.0 Å². The molecule has 1 fully saturated rings. The van der Waals surface area contributed by atoms with E-state index in [2.05, 4.69) is 15.0 Å². The summed E-state index contributed by atoms with van der Waals surface area (Å²) >= 11 is 0. The topological polar surface area (TPSA) is 140 Å². The first-order valence-corrected chi connectivity index (χ1v) is 5.77. The summed E-state index contributed by atoms with van der Waals surface area (Å²) in [5.74, 6) is 0.448. The Hall–Kier alpha value is -1.81. The maximum Gasteiger partial charge on any atom is 0.167 e. The smallest absolute Gasteiger partial charge is 0.167 e. The number of ether oxygens (including phenoxy) is 1. The van der Waals surface area contributed by atoms with Crippen LogP contribution in [0.3, 0.4) is 0 Å². The number of nitrogens with zero attached hydrogens (tertiary/aromatic N) is 4. The summed E-state index contributed by atoms with van der Waals surface area (Å²) in [4.78, 5) is 12.1. The third-order valence-corrected chi connectivity index (χ3v) is 3.64. The fourth-order valence-electron chi connectivity index (χ4n) is 2.71. The van der Waals surface area contributed by atoms with Crippen LogP contribution in [0.2, 0.25) is 0 Å². The lowest BCUT2D eigenvalue weighted by Gasteiger charge is -2.27. The van der Waals surface area contributed by atoms with E-state index in [1.807, 2.05) is 0 Å². The summed E-state index contributed by atoms with van der Waals surface area (Å²) in [6, 6.07) is 0. The van der Waals surface area contributed by atoms with Crippen LogP contribution in [-0.2, 0) is 4.74 Å². The Morgan fingerprint density at radius 3 is 2.79 bits per heavy atom. The molecule has 0 amide bonds. The van der Waals surface area contributed by atoms with Gasteiger partial charge in [0.1, 0.15) is 36.6 Å². The van der Waals surface area contributed by atoms with Crippen LogP contribution in [0.1, 0.15) is 18.2 Å². The second kappa shape index (κ2) is 3.39. The van der Waals surface area contributed by atoms with E-state index in [0.717, 1.165) is 0 Å². The average Bonchev–Trinajstić information content (AvgIpc) is 2.89. The van der Waals surface area contributed by atoms with Crippen LogP contribution in [0, 0.1) is 0 Å². The summed E-state index contributed by atoms with van der Waals surface area (Å²) in [6.45, 7) is 0. The molecule has 1 saturated heterocycles. The minimum Gasteiger partial charge on any atom is -0.387 e. The fraction of sp³-hybridized carbons (Fsp3) is 0.500. The van der Waals surface area contributed by atoms with Crippen molar-refractivity contribution in [2.45, 2.75) is 30.6 Å². The third-order valence-electron chi connectivity index (χ3n) is 3.64. The number of hydrogen-bond acceptors (Lipinski definition) is 8. The first-order chi connectivity index (χ1) is 9.09. The Kier molecular flexibility index (Phi) is 1.97. The number of hydrogen-bond donors (Lipinski definition) is 4. The summed E-state index contributed by atoms with van der Waals surface area (Å²) in [5, 5.41) is 30.0. The summed E-state index contributed by atoms with van der Waals surface area (Å²) < 4.78 is 6.89. The molecule has 4 rings (SSSR count). The van der Waals surface area contributed by atoms with Gasteiger partial charge in [-0.3, -0.25) is 4.57 Å². The van der Waals surface area contributed by atoms with E-state index in [1.54, 1.807) is 0 Å². The molecule has 0 aromatic carbocycles. The molecular formula is C10H11N5O4. The van der Waals surface area contributed by atoms with Crippen LogP contribution >= 0.6 is 0 Å². The van der Waals surface area contributed by atoms with E-state index in [0.29, 0.717) is 11.2 Å². The molecule has 2 aliphatic rings. The third kappa shape index (κ3) is 1.20. The molecule has 0 saturated carbocycles. The lowest BCUT2D eigenvalue weighted by atomic mass is 10.1. The SMILES string of the molecule is Nc1ncnc2c1nc1n2[C@@H]2O[C@@H]([C@H](O)C2O)[C@H]1O. The highest BCUT2D eigenvalue weighted by atomic mass is 16.6. The van der Waals surface area contributed by atoms with E-state index in [4.69, 9.17) is 10.5 Å². The van der Waals surface area contributed by atoms with Crippen LogP contribution in [0.4, 0.5) is 5.82 Å². The minimum atomic E-state index is -1.17. The van der Waals surface area contributed by atoms with E-state index in [-0.39, 0.29) is 11.6 Å². The Labute approximate surface area is 106 Å². The van der Waals surface area contributed by atoms with Crippen molar-refractivity contribution in [2.75, 3.05) is 5.73 Å². The fourth-order valence-corrected chi connectivity index (χ4v) is 2.71. The van der Waals surface area contributed by atoms with Gasteiger partial charge in [-0.15, -0.1) is 0 Å². The molecule has 2 aliphatic heterocycles. The van der Waals surface area contributed by atoms with E-state index in [1.165, 1.54) is 10.9 Å². The van der Waals surface area contributed by atoms with E-state index >= 15 is 0 Å². The molecular weight excluding hydrogens is 254 g/mol. The number of aromatic nitrogens is 4. The van der Waals surface area contributed by atoms with Gasteiger partial charge in [0.05, 0.1) is 0 Å². The summed E-state index contributed by atoms with van der Waals surface area (Å²) in [7, 11) is 0. The second-order valence-corrected chi connectivity index (χ2v) is 4.69. The predicted molar refractivity (Wildman–Crippen MR) is 60.6 cm³/mol. The first-order valence-electron chi connectivity index (χ1n) is 5.77. The van der Waals surface area contributed by atoms with Crippen LogP contribution in [0.15, 0.2) is 6.33 Å². The molecule has 2 aromatic heterocycles. The molecule has 2 bridgehead atoms. The number of nitrogens with two attached hydrogens (primary N) is 1. The van der Waals surface area contributed by atoms with Crippen molar-refractivity contribution in [3.63, 3.8) is 0 Å². The highest BCUT2D eigenvalue weighted by Crippen LogP contribution is 2.43. The van der Waals surface area contributed by atoms with Crippen LogP contribution in [0.5, 0.6) is 0 Å². The van der Waals surface area contributed by atoms with Crippen molar-refractivity contribution in [3.05, 3.63) is 12.2 Å². The second-order valence-electron chi connectivity index (χ2n) is 4.69. The first kappa shape index (κ1) is 11.1. The average molecular weight is 265 g/mol. The van der Waals surface area contributed by atoms with Crippen molar-refractivity contribution < 1.29 is 20.1 Å². The van der Waals surface area contributed by atoms with Gasteiger partial charge in [-0.2, -0.15) is 0 Å². The highest BCUT2D eigenvalue weighted by molar-refractivity contribution is 5.82. The van der Waals surface area contributed by atoms with Gasteiger partial charge >= 0.3 is 0 Å². The number of anilines is 1. The number of rotatable bonds is 0. The quantitative estimate of drug-likeness (QED) is 0.432. The highest BCUT2D eigenvalue weighted by Gasteiger charge is 2.53. The maximum absolute atomic E-state index is 10.2. The molecule has 5 N–H and O–H groups in total. The predicted octanol–water partition coefficient (Wildman–Crippen LogP) is -1.93. The van der Waals surface area contributed by atoms with Crippen molar-refractivity contribution in [3.8, 4) is 0 Å². The molecule has 100 valence electrons. The van der Waals surface area contributed by atoms with Gasteiger partial charge in [-0.05, 0) is 0 Å². The molecule has 0 spiro atoms. The standard InChI is InChI=1S/C10H11N5O4/c11-7-2-8(13-1-12-7)15-9(14-2)5(18)6-3(16)4(17)10(15)19-6/h1,3-6,10,16-18H,(H2,11,12,13)/t3-,4?,5-,6+,10-/m1/s1. The monoisotopic (exact) mass is 265 g/mol. The van der Waals surface area contributed by atoms with Gasteiger partial charge in [-0.1, -0.05) is 0 Å². The Bertz CT molecular complexity index is 673. The number of aliphatic hydroxyl groups excluding tert-OH is 3. The van der Waals surface area contributed by atoms with Crippen LogP contribution < -0.4 is 5.73 Å². The Morgan fingerprint density at radius 1 is 1.21 bits per heavy atom. The van der Waals surface area contributed by atoms with Gasteiger partial charge in [0.25, 0.3) is 0 Å². The molecule has 0 radical (unpaired) electrons. The number of fused-ring (bicyclic) bond motifs is 6. The van der Waals surface area contributed by atoms with Crippen molar-refractivity contribution >= 4 is 17.0 Å². The Balaban J connectivity index is 2.03. The van der Waals surface area contributed by atoms with Gasteiger partial charge in [0.15, 0.2) is 23.2 Å². The maximum atomic E-state index is 10.2. The summed E-state index contributed by atoms with van der Waals surface area (Å²) in [6.07, 6.45) is -3.96. The molecule has 1 unspecified atom stereocenters. The van der Waals surface area contributed by atoms with Gasteiger partial charge in [0.2, 0.25) is 0 Å². The number of imidazole rings is 1. The van der Waals surface area contributed by atoms with Crippen molar-refractivity contribution in [2.24, 2.45) is 0 Å². The molecule has 0 aliphatic carbocycles. The van der Waals surface area contributed by atoms with Crippen molar-refractivity contribution in [1.29, 1.82) is 0 Å². The number of nitrogen functional groups attached to an aromatic ring is 1. The van der Waals surface area contributed by atoms with E-state index < -0.39 is 30.6 Å². The largest absolute Gasteiger partial charge is 0.387 e. The van der Waals surface area contributed by atoms with Crippen LogP contribution in [0.25, 0.3) is 11.2 Å². The normalized spacial score (nSPS) is 36.7. The minimum absolute atomic E-state index is 0.185. The van der Waals surface area contributed by atoms with Crippen LogP contribution in [-0.4, -0.2) is 53.2 Å². The molecule has 19 heavy (non-hydrogen) atoms. The lowest BCUT2D eigenvalue weighted by molar-refractivity contribution is -0.114. The molecule has 5 atom stereocenters. The zero-order valence-electron chi connectivity index (χ0n) is 9.58. The lowest BCUT2D eigenvalue weighted by Crippen LogP contribution is -2.34. The van der Waals surface area contributed by atoms with Gasteiger partial charge < -0.3 is 25.8 Å². The molecule has 4 heterocycles. The molecule has 2 aromatic rings.